The zero-order chi connectivity index (χ0) is 45.8. The number of rotatable bonds is 44. The summed E-state index contributed by atoms with van der Waals surface area (Å²) in [5, 5.41) is 0. The van der Waals surface area contributed by atoms with Crippen molar-refractivity contribution in [1.29, 1.82) is 0 Å². The van der Waals surface area contributed by atoms with Crippen molar-refractivity contribution in [2.75, 3.05) is 13.2 Å². The monoisotopic (exact) mass is 873 g/mol. The number of carbonyl (C=O) groups excluding carboxylic acids is 3. The fourth-order valence-corrected chi connectivity index (χ4v) is 6.55. The fraction of sp³-hybridized carbons (Fsp3) is 0.632. The molecule has 356 valence electrons. The molecule has 0 aliphatic rings. The van der Waals surface area contributed by atoms with E-state index in [9.17, 15) is 14.4 Å². The molecule has 0 aliphatic heterocycles. The van der Waals surface area contributed by atoms with Crippen LogP contribution in [0.5, 0.6) is 0 Å². The maximum Gasteiger partial charge on any atom is 0.306 e. The van der Waals surface area contributed by atoms with E-state index in [-0.39, 0.29) is 37.5 Å². The van der Waals surface area contributed by atoms with Crippen LogP contribution in [0.4, 0.5) is 0 Å². The molecule has 1 unspecified atom stereocenters. The van der Waals surface area contributed by atoms with Crippen molar-refractivity contribution < 1.29 is 28.6 Å². The first-order valence-corrected chi connectivity index (χ1v) is 25.4. The van der Waals surface area contributed by atoms with Crippen molar-refractivity contribution in [3.63, 3.8) is 0 Å². The van der Waals surface area contributed by atoms with Crippen LogP contribution in [0, 0.1) is 0 Å². The maximum atomic E-state index is 12.8. The molecule has 0 rings (SSSR count). The summed E-state index contributed by atoms with van der Waals surface area (Å²) < 4.78 is 16.7. The SMILES string of the molecule is CC/C=C\C/C=C\C/C=C\C/C=C\C/C=C\CCCC(=O)OC(COC(=O)CCCCCCC\C=C/C=C\C=C/C=C\CCCCC)COC(=O)CCCCCCCCCCCC. The topological polar surface area (TPSA) is 78.9 Å². The summed E-state index contributed by atoms with van der Waals surface area (Å²) in [5.41, 5.74) is 0. The van der Waals surface area contributed by atoms with Crippen molar-refractivity contribution >= 4 is 17.9 Å². The van der Waals surface area contributed by atoms with Gasteiger partial charge in [-0.05, 0) is 83.5 Å². The maximum absolute atomic E-state index is 12.8. The minimum absolute atomic E-state index is 0.109. The zero-order valence-corrected chi connectivity index (χ0v) is 40.5. The highest BCUT2D eigenvalue weighted by Crippen LogP contribution is 2.13. The van der Waals surface area contributed by atoms with E-state index in [4.69, 9.17) is 14.2 Å². The molecule has 63 heavy (non-hydrogen) atoms. The Morgan fingerprint density at radius 3 is 1.17 bits per heavy atom. The summed E-state index contributed by atoms with van der Waals surface area (Å²) in [6.07, 6.45) is 67.9. The third-order valence-electron chi connectivity index (χ3n) is 10.4. The molecule has 1 atom stereocenters. The molecule has 0 heterocycles. The van der Waals surface area contributed by atoms with Crippen LogP contribution in [0.1, 0.15) is 213 Å². The Morgan fingerprint density at radius 2 is 0.698 bits per heavy atom. The molecule has 0 aromatic rings. The molecule has 6 heteroatoms. The molecule has 0 aromatic carbocycles. The van der Waals surface area contributed by atoms with Crippen LogP contribution in [0.25, 0.3) is 0 Å². The molecule has 6 nitrogen and oxygen atoms in total. The van der Waals surface area contributed by atoms with E-state index >= 15 is 0 Å². The van der Waals surface area contributed by atoms with E-state index in [2.05, 4.69) is 130 Å². The Kier molecular flexibility index (Phi) is 47.5. The minimum Gasteiger partial charge on any atom is -0.462 e. The van der Waals surface area contributed by atoms with Gasteiger partial charge in [-0.2, -0.15) is 0 Å². The zero-order valence-electron chi connectivity index (χ0n) is 40.5. The Hall–Kier alpha value is -3.93. The van der Waals surface area contributed by atoms with Gasteiger partial charge in [0.05, 0.1) is 0 Å². The highest BCUT2D eigenvalue weighted by Gasteiger charge is 2.19. The molecule has 0 N–H and O–H groups in total. The van der Waals surface area contributed by atoms with Gasteiger partial charge in [0, 0.05) is 19.3 Å². The van der Waals surface area contributed by atoms with Gasteiger partial charge >= 0.3 is 17.9 Å². The summed E-state index contributed by atoms with van der Waals surface area (Å²) >= 11 is 0. The van der Waals surface area contributed by atoms with Crippen molar-refractivity contribution in [2.24, 2.45) is 0 Å². The molecule has 0 amide bonds. The summed E-state index contributed by atoms with van der Waals surface area (Å²) in [6, 6.07) is 0. The minimum atomic E-state index is -0.817. The number of esters is 3. The van der Waals surface area contributed by atoms with Gasteiger partial charge in [0.15, 0.2) is 6.10 Å². The highest BCUT2D eigenvalue weighted by atomic mass is 16.6. The lowest BCUT2D eigenvalue weighted by atomic mass is 10.1. The van der Waals surface area contributed by atoms with Crippen molar-refractivity contribution in [3.8, 4) is 0 Å². The number of allylic oxidation sites excluding steroid dienone is 18. The molecular formula is C57H92O6. The van der Waals surface area contributed by atoms with Crippen LogP contribution in [-0.4, -0.2) is 37.2 Å². The van der Waals surface area contributed by atoms with Gasteiger partial charge in [-0.15, -0.1) is 0 Å². The normalized spacial score (nSPS) is 13.0. The predicted octanol–water partition coefficient (Wildman–Crippen LogP) is 16.8. The van der Waals surface area contributed by atoms with Gasteiger partial charge in [-0.25, -0.2) is 0 Å². The second-order valence-corrected chi connectivity index (χ2v) is 16.4. The second-order valence-electron chi connectivity index (χ2n) is 16.4. The van der Waals surface area contributed by atoms with Gasteiger partial charge in [0.1, 0.15) is 13.2 Å². The van der Waals surface area contributed by atoms with Crippen LogP contribution in [0.3, 0.4) is 0 Å². The molecule has 0 saturated carbocycles. The van der Waals surface area contributed by atoms with Gasteiger partial charge in [0.25, 0.3) is 0 Å². The van der Waals surface area contributed by atoms with Crippen molar-refractivity contribution in [3.05, 3.63) is 109 Å². The summed E-state index contributed by atoms with van der Waals surface area (Å²) in [5.74, 6) is -0.999. The smallest absolute Gasteiger partial charge is 0.306 e. The summed E-state index contributed by atoms with van der Waals surface area (Å²) in [4.78, 5) is 37.9. The highest BCUT2D eigenvalue weighted by molar-refractivity contribution is 5.71. The number of ether oxygens (including phenoxy) is 3. The Bertz CT molecular complexity index is 1330. The molecule has 0 spiro atoms. The number of unbranched alkanes of at least 4 members (excludes halogenated alkanes) is 18. The number of hydrogen-bond acceptors (Lipinski definition) is 6. The molecule has 0 saturated heterocycles. The molecule has 0 aliphatic carbocycles. The van der Waals surface area contributed by atoms with E-state index in [1.54, 1.807) is 0 Å². The van der Waals surface area contributed by atoms with Crippen LogP contribution < -0.4 is 0 Å². The van der Waals surface area contributed by atoms with E-state index in [1.807, 2.05) is 0 Å². The second kappa shape index (κ2) is 50.7. The molecule has 0 bridgehead atoms. The lowest BCUT2D eigenvalue weighted by molar-refractivity contribution is -0.167. The first-order valence-electron chi connectivity index (χ1n) is 25.4. The lowest BCUT2D eigenvalue weighted by Crippen LogP contribution is -2.30. The first kappa shape index (κ1) is 59.1. The third-order valence-corrected chi connectivity index (χ3v) is 10.4. The fourth-order valence-electron chi connectivity index (χ4n) is 6.55. The standard InChI is InChI=1S/C57H92O6/c1-4-7-10-13-16-19-22-24-26-28-30-31-33-35-38-41-44-47-50-56(59)62-53-54(52-61-55(58)49-46-43-40-37-21-18-15-12-9-6-3)63-57(60)51-48-45-42-39-36-34-32-29-27-25-23-20-17-14-11-8-5-2/h8,11,16-17,19-20,22,24-28,30-32,34,39,42,54H,4-7,9-10,12-15,18,21,23,29,33,35-38,40-41,43-53H2,1-3H3/b11-8-,19-16-,20-17-,24-22-,27-25-,28-26-,31-30-,34-32-,42-39-. The largest absolute Gasteiger partial charge is 0.462 e. The average Bonchev–Trinajstić information content (AvgIpc) is 3.28. The Morgan fingerprint density at radius 1 is 0.349 bits per heavy atom. The number of hydrogen-bond donors (Lipinski definition) is 0. The quantitative estimate of drug-likeness (QED) is 0.0199. The van der Waals surface area contributed by atoms with Gasteiger partial charge in [-0.3, -0.25) is 14.4 Å². The summed E-state index contributed by atoms with van der Waals surface area (Å²) in [6.45, 7) is 6.39. The van der Waals surface area contributed by atoms with Gasteiger partial charge in [0.2, 0.25) is 0 Å². The molecule has 0 aromatic heterocycles. The van der Waals surface area contributed by atoms with E-state index < -0.39 is 6.10 Å². The van der Waals surface area contributed by atoms with E-state index in [0.29, 0.717) is 19.3 Å². The van der Waals surface area contributed by atoms with E-state index in [0.717, 1.165) is 103 Å². The van der Waals surface area contributed by atoms with Crippen LogP contribution >= 0.6 is 0 Å². The lowest BCUT2D eigenvalue weighted by Gasteiger charge is -2.18. The molecule has 0 fully saturated rings. The third kappa shape index (κ3) is 49.0. The van der Waals surface area contributed by atoms with Crippen LogP contribution in [-0.2, 0) is 28.6 Å². The number of carbonyl (C=O) groups is 3. The van der Waals surface area contributed by atoms with Crippen LogP contribution in [0.15, 0.2) is 109 Å². The molecular weight excluding hydrogens is 781 g/mol. The van der Waals surface area contributed by atoms with Crippen LogP contribution in [0.2, 0.25) is 0 Å². The van der Waals surface area contributed by atoms with Gasteiger partial charge < -0.3 is 14.2 Å². The van der Waals surface area contributed by atoms with Gasteiger partial charge in [-0.1, -0.05) is 220 Å². The first-order chi connectivity index (χ1) is 31.0. The van der Waals surface area contributed by atoms with E-state index in [1.165, 1.54) is 64.2 Å². The molecule has 0 radical (unpaired) electrons. The predicted molar refractivity (Wildman–Crippen MR) is 270 cm³/mol. The Balaban J connectivity index is 4.52. The van der Waals surface area contributed by atoms with Crippen molar-refractivity contribution in [1.82, 2.24) is 0 Å². The Labute approximate surface area is 387 Å². The van der Waals surface area contributed by atoms with Crippen molar-refractivity contribution in [2.45, 2.75) is 219 Å². The summed E-state index contributed by atoms with van der Waals surface area (Å²) in [7, 11) is 0. The average molecular weight is 873 g/mol.